The molecule has 4 amide bonds. The summed E-state index contributed by atoms with van der Waals surface area (Å²) in [6.45, 7) is 14.7. The molecule has 0 aliphatic carbocycles. The molecule has 0 radical (unpaired) electrons. The van der Waals surface area contributed by atoms with Gasteiger partial charge in [0.2, 0.25) is 23.6 Å². The first-order chi connectivity index (χ1) is 36.8. The highest BCUT2D eigenvalue weighted by molar-refractivity contribution is 8.00. The third kappa shape index (κ3) is 14.1. The van der Waals surface area contributed by atoms with Crippen LogP contribution < -0.4 is 21.7 Å². The topological polar surface area (TPSA) is 169 Å². The summed E-state index contributed by atoms with van der Waals surface area (Å²) in [6, 6.07) is 54.0. The Morgan fingerprint density at radius 2 is 1.04 bits per heavy atom. The second kappa shape index (κ2) is 25.4. The van der Waals surface area contributed by atoms with Gasteiger partial charge < -0.3 is 36.1 Å². The number of carbonyl (C=O) groups excluding carboxylic acids is 5. The van der Waals surface area contributed by atoms with Crippen LogP contribution in [-0.2, 0) is 43.7 Å². The Kier molecular flexibility index (Phi) is 19.0. The molecule has 6 aromatic rings. The second-order valence-electron chi connectivity index (χ2n) is 21.9. The molecule has 0 spiro atoms. The smallest absolute Gasteiger partial charge is 0.329 e. The van der Waals surface area contributed by atoms with Gasteiger partial charge >= 0.3 is 5.97 Å². The van der Waals surface area contributed by atoms with Crippen molar-refractivity contribution in [2.45, 2.75) is 126 Å². The lowest BCUT2D eigenvalue weighted by Gasteiger charge is -2.37. The lowest BCUT2D eigenvalue weighted by molar-refractivity contribution is -0.160. The van der Waals surface area contributed by atoms with Crippen LogP contribution in [0.25, 0.3) is 0 Å². The highest BCUT2D eigenvalue weighted by Gasteiger charge is 2.47. The van der Waals surface area contributed by atoms with E-state index >= 15 is 9.59 Å². The molecule has 404 valence electrons. The van der Waals surface area contributed by atoms with Crippen LogP contribution in [0.2, 0.25) is 0 Å². The zero-order valence-corrected chi connectivity index (χ0v) is 46.4. The summed E-state index contributed by atoms with van der Waals surface area (Å²) in [5, 5.41) is 9.24. The molecule has 5 N–H and O–H groups in total. The molecule has 0 bridgehead atoms. The first kappa shape index (κ1) is 57.6. The van der Waals surface area contributed by atoms with E-state index in [1.54, 1.807) is 20.8 Å². The minimum Gasteiger partial charge on any atom is -0.458 e. The normalized spacial score (nSPS) is 16.6. The molecule has 1 saturated heterocycles. The van der Waals surface area contributed by atoms with Crippen LogP contribution in [0, 0.1) is 5.92 Å². The van der Waals surface area contributed by atoms with E-state index in [1.165, 1.54) is 16.7 Å². The number of nitrogens with zero attached hydrogens (tertiary/aromatic N) is 1. The minimum atomic E-state index is -1.53. The number of likely N-dealkylation sites (tertiary alicyclic amines) is 1. The number of carbonyl (C=O) groups is 5. The first-order valence-corrected chi connectivity index (χ1v) is 27.6. The number of nitrogens with two attached hydrogens (primary N) is 1. The number of hydrogen-bond donors (Lipinski definition) is 4. The molecular formula is C64H75N5O7S. The number of rotatable bonds is 21. The molecule has 12 nitrogen and oxygen atoms in total. The number of benzene rings is 6. The summed E-state index contributed by atoms with van der Waals surface area (Å²) in [5.74, 6) is -3.34. The van der Waals surface area contributed by atoms with Crippen LogP contribution in [0.3, 0.4) is 0 Å². The predicted molar refractivity (Wildman–Crippen MR) is 306 cm³/mol. The molecule has 6 aromatic carbocycles. The van der Waals surface area contributed by atoms with Crippen molar-refractivity contribution >= 4 is 41.4 Å². The van der Waals surface area contributed by atoms with Crippen molar-refractivity contribution in [1.29, 1.82) is 0 Å². The van der Waals surface area contributed by atoms with Gasteiger partial charge in [0.1, 0.15) is 29.3 Å². The van der Waals surface area contributed by atoms with E-state index in [2.05, 4.69) is 52.3 Å². The van der Waals surface area contributed by atoms with Crippen LogP contribution in [0.15, 0.2) is 182 Å². The van der Waals surface area contributed by atoms with Crippen LogP contribution in [-0.4, -0.2) is 88.3 Å². The molecule has 0 aromatic heterocycles. The van der Waals surface area contributed by atoms with Crippen molar-refractivity contribution < 1.29 is 33.4 Å². The van der Waals surface area contributed by atoms with Crippen molar-refractivity contribution in [3.05, 3.63) is 215 Å². The fraction of sp³-hybridized carbons (Fsp3) is 0.359. The number of nitrogens with one attached hydrogen (secondary N) is 3. The number of esters is 1. The predicted octanol–water partition coefficient (Wildman–Crippen LogP) is 9.68. The Morgan fingerprint density at radius 1 is 0.623 bits per heavy atom. The summed E-state index contributed by atoms with van der Waals surface area (Å²) in [5.41, 5.74) is 9.43. The van der Waals surface area contributed by atoms with E-state index in [9.17, 15) is 14.4 Å². The van der Waals surface area contributed by atoms with Gasteiger partial charge in [-0.2, -0.15) is 0 Å². The van der Waals surface area contributed by atoms with Crippen molar-refractivity contribution in [3.8, 4) is 0 Å². The SMILES string of the molecule is CC[C@H](C)[C@H](NC(=O)[C@@H]1C[C@@H](OC(C)(C)C)CN1C(=O)[C@H](CC(=O)NC(c1ccccc1)(c1ccccc1)c1ccccc1)NC(=O)[C@@H](N)CSC(c1ccccc1)(c1ccccc1)c1ccccc1)C(=O)OC(C)(C)C. The van der Waals surface area contributed by atoms with E-state index < -0.39 is 87.8 Å². The molecule has 1 heterocycles. The maximum atomic E-state index is 15.7. The molecule has 1 aliphatic heterocycles. The number of amides is 4. The third-order valence-electron chi connectivity index (χ3n) is 13.8. The fourth-order valence-corrected chi connectivity index (χ4v) is 11.6. The lowest BCUT2D eigenvalue weighted by atomic mass is 9.77. The summed E-state index contributed by atoms with van der Waals surface area (Å²) >= 11 is 1.50. The van der Waals surface area contributed by atoms with Gasteiger partial charge in [-0.25, -0.2) is 4.79 Å². The van der Waals surface area contributed by atoms with Gasteiger partial charge in [0.15, 0.2) is 0 Å². The van der Waals surface area contributed by atoms with Crippen molar-refractivity contribution in [2.75, 3.05) is 12.3 Å². The zero-order chi connectivity index (χ0) is 55.4. The summed E-state index contributed by atoms with van der Waals surface area (Å²) in [6.07, 6.45) is -0.525. The van der Waals surface area contributed by atoms with Crippen LogP contribution >= 0.6 is 11.8 Å². The molecule has 1 aliphatic rings. The Bertz CT molecular complexity index is 2690. The molecule has 6 atom stereocenters. The fourth-order valence-electron chi connectivity index (χ4n) is 10.1. The molecule has 1 fully saturated rings. The quantitative estimate of drug-likeness (QED) is 0.0405. The average Bonchev–Trinajstić information content (AvgIpc) is 3.96. The summed E-state index contributed by atoms with van der Waals surface area (Å²) in [4.78, 5) is 75.7. The van der Waals surface area contributed by atoms with E-state index in [1.807, 2.05) is 180 Å². The Labute approximate surface area is 459 Å². The first-order valence-electron chi connectivity index (χ1n) is 26.6. The van der Waals surface area contributed by atoms with Crippen molar-refractivity contribution in [2.24, 2.45) is 11.7 Å². The van der Waals surface area contributed by atoms with Gasteiger partial charge in [-0.15, -0.1) is 11.8 Å². The van der Waals surface area contributed by atoms with E-state index in [4.69, 9.17) is 15.2 Å². The monoisotopic (exact) mass is 1060 g/mol. The standard InChI is InChI=1S/C64H75N5O7S/c1-9-44(2)56(60(74)76-62(6,7)8)67-58(72)54-40-51(75-61(3,4)5)42-69(54)59(73)53(41-55(70)68-63(45-28-16-10-17-29-45,46-30-18-11-19-31-46)47-32-20-12-21-33-47)66-57(71)52(65)43-77-64(48-34-22-13-23-35-48,49-36-24-14-25-37-49)50-38-26-15-27-39-50/h10-39,44,51-54,56H,9,40-43,65H2,1-8H3,(H,66,71)(H,67,72)(H,68,70)/t44-,51+,52-,53-,54-,56-/m0/s1. The van der Waals surface area contributed by atoms with Crippen molar-refractivity contribution in [1.82, 2.24) is 20.9 Å². The number of ether oxygens (including phenoxy) is 2. The molecule has 13 heteroatoms. The van der Waals surface area contributed by atoms with Gasteiger partial charge in [0, 0.05) is 18.7 Å². The van der Waals surface area contributed by atoms with Crippen molar-refractivity contribution in [3.63, 3.8) is 0 Å². The highest BCUT2D eigenvalue weighted by Crippen LogP contribution is 2.48. The maximum absolute atomic E-state index is 15.7. The van der Waals surface area contributed by atoms with Gasteiger partial charge in [-0.3, -0.25) is 19.2 Å². The van der Waals surface area contributed by atoms with Gasteiger partial charge in [-0.1, -0.05) is 202 Å². The van der Waals surface area contributed by atoms with E-state index in [-0.39, 0.29) is 24.6 Å². The van der Waals surface area contributed by atoms with Crippen LogP contribution in [0.5, 0.6) is 0 Å². The summed E-state index contributed by atoms with van der Waals surface area (Å²) < 4.78 is 11.4. The van der Waals surface area contributed by atoms with Crippen LogP contribution in [0.1, 0.15) is 108 Å². The largest absolute Gasteiger partial charge is 0.458 e. The zero-order valence-electron chi connectivity index (χ0n) is 45.6. The second-order valence-corrected chi connectivity index (χ2v) is 23.1. The lowest BCUT2D eigenvalue weighted by Crippen LogP contribution is -2.59. The molecule has 0 unspecified atom stereocenters. The van der Waals surface area contributed by atoms with Crippen LogP contribution in [0.4, 0.5) is 0 Å². The molecule has 0 saturated carbocycles. The average molecular weight is 1060 g/mol. The molecular weight excluding hydrogens is 983 g/mol. The minimum absolute atomic E-state index is 0.0414. The Morgan fingerprint density at radius 3 is 1.43 bits per heavy atom. The van der Waals surface area contributed by atoms with E-state index in [0.717, 1.165) is 33.4 Å². The highest BCUT2D eigenvalue weighted by atomic mass is 32.2. The van der Waals surface area contributed by atoms with Gasteiger partial charge in [-0.05, 0) is 80.8 Å². The third-order valence-corrected chi connectivity index (χ3v) is 15.5. The number of hydrogen-bond acceptors (Lipinski definition) is 9. The van der Waals surface area contributed by atoms with Gasteiger partial charge in [0.25, 0.3) is 0 Å². The summed E-state index contributed by atoms with van der Waals surface area (Å²) in [7, 11) is 0. The Hall–Kier alpha value is -7.06. The molecule has 7 rings (SSSR count). The van der Waals surface area contributed by atoms with Gasteiger partial charge in [0.05, 0.1) is 28.9 Å². The number of thioether (sulfide) groups is 1. The maximum Gasteiger partial charge on any atom is 0.329 e. The molecule has 77 heavy (non-hydrogen) atoms. The van der Waals surface area contributed by atoms with E-state index in [0.29, 0.717) is 6.42 Å². The Balaban J connectivity index is 1.28.